The van der Waals surface area contributed by atoms with Crippen LogP contribution < -0.4 is 19.5 Å². The van der Waals surface area contributed by atoms with Gasteiger partial charge in [0.25, 0.3) is 0 Å². The second-order valence-corrected chi connectivity index (χ2v) is 10.1. The van der Waals surface area contributed by atoms with Gasteiger partial charge in [0, 0.05) is 42.4 Å². The molecule has 0 bridgehead atoms. The van der Waals surface area contributed by atoms with Gasteiger partial charge >= 0.3 is 5.69 Å². The van der Waals surface area contributed by atoms with E-state index in [0.717, 1.165) is 22.2 Å². The summed E-state index contributed by atoms with van der Waals surface area (Å²) in [4.78, 5) is 22.5. The number of anilines is 2. The lowest BCUT2D eigenvalue weighted by molar-refractivity contribution is -0.386. The molecular weight excluding hydrogens is 564 g/mol. The van der Waals surface area contributed by atoms with E-state index < -0.39 is 11.0 Å². The van der Waals surface area contributed by atoms with Crippen LogP contribution in [0.25, 0.3) is 22.2 Å². The molecule has 224 valence electrons. The molecule has 13 heteroatoms. The molecule has 1 aliphatic heterocycles. The number of para-hydroxylation sites is 1. The fourth-order valence-corrected chi connectivity index (χ4v) is 5.00. The first-order chi connectivity index (χ1) is 19.8. The second-order valence-electron chi connectivity index (χ2n) is 9.69. The van der Waals surface area contributed by atoms with E-state index in [-0.39, 0.29) is 31.4 Å². The monoisotopic (exact) mass is 598 g/mol. The molecule has 0 saturated heterocycles. The Morgan fingerprint density at radius 3 is 2.81 bits per heavy atom. The van der Waals surface area contributed by atoms with E-state index in [1.165, 1.54) is 25.4 Å². The predicted octanol–water partition coefficient (Wildman–Crippen LogP) is 5.79. The average Bonchev–Trinajstić information content (AvgIpc) is 3.33. The van der Waals surface area contributed by atoms with Gasteiger partial charge in [-0.15, -0.1) is 0 Å². The van der Waals surface area contributed by atoms with Crippen LogP contribution in [0.1, 0.15) is 14.4 Å². The lowest BCUT2D eigenvalue weighted by Crippen LogP contribution is -2.34. The average molecular weight is 599 g/mol. The highest BCUT2D eigenvalue weighted by Crippen LogP contribution is 2.41. The van der Waals surface area contributed by atoms with Crippen molar-refractivity contribution in [1.82, 2.24) is 19.4 Å². The molecule has 2 aromatic heterocycles. The van der Waals surface area contributed by atoms with E-state index in [1.807, 2.05) is 50.3 Å². The second kappa shape index (κ2) is 13.2. The number of likely N-dealkylation sites (N-methyl/N-ethyl adjacent to an activating group) is 1. The van der Waals surface area contributed by atoms with E-state index in [2.05, 4.69) is 19.9 Å². The maximum absolute atomic E-state index is 12.1. The molecule has 0 fully saturated rings. The van der Waals surface area contributed by atoms with Crippen LogP contribution in [0.5, 0.6) is 17.2 Å². The Balaban J connectivity index is 0.00000405. The molecule has 1 aliphatic rings. The maximum Gasteiger partial charge on any atom is 0.313 e. The Labute approximate surface area is 249 Å². The van der Waals surface area contributed by atoms with Crippen LogP contribution >= 0.6 is 11.6 Å². The quantitative estimate of drug-likeness (QED) is 0.158. The van der Waals surface area contributed by atoms with Crippen molar-refractivity contribution in [3.8, 4) is 28.5 Å². The fraction of sp³-hybridized carbons (Fsp3) is 0.379. The molecule has 0 amide bonds. The van der Waals surface area contributed by atoms with Gasteiger partial charge in [0.15, 0.2) is 0 Å². The largest absolute Gasteiger partial charge is 0.494 e. The van der Waals surface area contributed by atoms with Crippen LogP contribution in [0.15, 0.2) is 42.7 Å². The van der Waals surface area contributed by atoms with Gasteiger partial charge in [0.1, 0.15) is 24.2 Å². The summed E-state index contributed by atoms with van der Waals surface area (Å²) in [5, 5.41) is 16.4. The Kier molecular flexibility index (Phi) is 9.71. The zero-order chi connectivity index (χ0) is 29.1. The van der Waals surface area contributed by atoms with E-state index in [0.29, 0.717) is 48.5 Å². The van der Waals surface area contributed by atoms with Crippen molar-refractivity contribution in [2.75, 3.05) is 52.9 Å². The molecule has 0 aliphatic carbocycles. The molecule has 5 rings (SSSR count). The topological polar surface area (TPSA) is 126 Å². The predicted molar refractivity (Wildman–Crippen MR) is 163 cm³/mol. The highest BCUT2D eigenvalue weighted by atomic mass is 35.5. The summed E-state index contributed by atoms with van der Waals surface area (Å²) in [6.07, 6.45) is 3.06. The zero-order valence-electron chi connectivity index (χ0n) is 23.2. The molecular formula is C29H35ClN6O6. The summed E-state index contributed by atoms with van der Waals surface area (Å²) in [6.45, 7) is 4.44. The van der Waals surface area contributed by atoms with Crippen LogP contribution in [0, 0.1) is 10.1 Å². The zero-order valence-corrected chi connectivity index (χ0v) is 24.0. The SMILES string of the molecule is C.CCOC[C@@H](CN(C)C)Oc1cc(OC)c(Nc2ncc(Cl)c(-c3cn4c5c(cccc35)OCC4)n2)cc1[N+](=O)[O-]. The first-order valence-electron chi connectivity index (χ1n) is 13.1. The number of nitro groups is 1. The van der Waals surface area contributed by atoms with Gasteiger partial charge in [-0.3, -0.25) is 10.1 Å². The normalized spacial score (nSPS) is 12.9. The van der Waals surface area contributed by atoms with Crippen molar-refractivity contribution < 1.29 is 23.9 Å². The van der Waals surface area contributed by atoms with Gasteiger partial charge in [0.05, 0.1) is 53.3 Å². The highest BCUT2D eigenvalue weighted by molar-refractivity contribution is 6.33. The van der Waals surface area contributed by atoms with Crippen molar-refractivity contribution in [1.29, 1.82) is 0 Å². The molecule has 0 spiro atoms. The molecule has 12 nitrogen and oxygen atoms in total. The summed E-state index contributed by atoms with van der Waals surface area (Å²) < 4.78 is 25.1. The van der Waals surface area contributed by atoms with E-state index in [4.69, 9.17) is 30.5 Å². The molecule has 0 radical (unpaired) electrons. The number of hydrogen-bond donors (Lipinski definition) is 1. The number of aromatic nitrogens is 3. The third-order valence-electron chi connectivity index (χ3n) is 6.54. The maximum atomic E-state index is 12.1. The Morgan fingerprint density at radius 2 is 2.10 bits per heavy atom. The van der Waals surface area contributed by atoms with Gasteiger partial charge in [-0.05, 0) is 27.1 Å². The van der Waals surface area contributed by atoms with Gasteiger partial charge in [0.2, 0.25) is 11.7 Å². The summed E-state index contributed by atoms with van der Waals surface area (Å²) in [5.74, 6) is 1.38. The Morgan fingerprint density at radius 1 is 1.29 bits per heavy atom. The smallest absolute Gasteiger partial charge is 0.313 e. The number of nitro benzene ring substituents is 1. The third-order valence-corrected chi connectivity index (χ3v) is 6.82. The van der Waals surface area contributed by atoms with Crippen molar-refractivity contribution in [3.05, 3.63) is 57.9 Å². The van der Waals surface area contributed by atoms with Crippen LogP contribution in [-0.4, -0.2) is 78.0 Å². The van der Waals surface area contributed by atoms with Crippen LogP contribution in [0.2, 0.25) is 5.02 Å². The summed E-state index contributed by atoms with van der Waals surface area (Å²) in [5.41, 5.74) is 2.37. The minimum absolute atomic E-state index is 0. The van der Waals surface area contributed by atoms with E-state index in [1.54, 1.807) is 0 Å². The summed E-state index contributed by atoms with van der Waals surface area (Å²) in [6, 6.07) is 8.68. The van der Waals surface area contributed by atoms with Gasteiger partial charge in [-0.25, -0.2) is 9.97 Å². The van der Waals surface area contributed by atoms with Crippen molar-refractivity contribution in [2.24, 2.45) is 0 Å². The first kappa shape index (κ1) is 30.8. The Bertz CT molecular complexity index is 1580. The standard InChI is InChI=1S/C28H31ClN6O6.CH4/c1-5-39-16-17(14-33(2)3)41-25-12-24(38-4)21(11-22(25)35(36)37)31-28-30-13-20(29)26(32-28)19-15-34-9-10-40-23-8-6-7-18(19)27(23)34;/h6-8,11-13,15,17H,5,9-10,14,16H2,1-4H3,(H,30,31,32);1H4/t17-;/m1./s1. The van der Waals surface area contributed by atoms with Crippen LogP contribution in [-0.2, 0) is 11.3 Å². The third kappa shape index (κ3) is 6.35. The van der Waals surface area contributed by atoms with Crippen molar-refractivity contribution >= 4 is 39.8 Å². The van der Waals surface area contributed by atoms with E-state index >= 15 is 0 Å². The number of benzene rings is 2. The number of nitrogens with zero attached hydrogens (tertiary/aromatic N) is 5. The molecule has 3 heterocycles. The lowest BCUT2D eigenvalue weighted by Gasteiger charge is -2.23. The molecule has 42 heavy (non-hydrogen) atoms. The molecule has 0 saturated carbocycles. The van der Waals surface area contributed by atoms with Crippen molar-refractivity contribution in [3.63, 3.8) is 0 Å². The van der Waals surface area contributed by atoms with Crippen LogP contribution in [0.4, 0.5) is 17.3 Å². The lowest BCUT2D eigenvalue weighted by atomic mass is 10.1. The molecule has 0 unspecified atom stereocenters. The number of rotatable bonds is 12. The molecule has 1 atom stereocenters. The molecule has 2 aromatic carbocycles. The number of hydrogen-bond acceptors (Lipinski definition) is 10. The highest BCUT2D eigenvalue weighted by Gasteiger charge is 2.25. The molecule has 4 aromatic rings. The minimum atomic E-state index is -0.503. The first-order valence-corrected chi connectivity index (χ1v) is 13.5. The van der Waals surface area contributed by atoms with Gasteiger partial charge in [-0.2, -0.15) is 0 Å². The molecule has 1 N–H and O–H groups in total. The van der Waals surface area contributed by atoms with E-state index in [9.17, 15) is 10.1 Å². The number of halogens is 1. The number of methoxy groups -OCH3 is 1. The van der Waals surface area contributed by atoms with Gasteiger partial charge in [-0.1, -0.05) is 31.2 Å². The number of ether oxygens (including phenoxy) is 4. The summed E-state index contributed by atoms with van der Waals surface area (Å²) in [7, 11) is 5.25. The van der Waals surface area contributed by atoms with Crippen molar-refractivity contribution in [2.45, 2.75) is 27.0 Å². The van der Waals surface area contributed by atoms with Gasteiger partial charge < -0.3 is 33.7 Å². The fourth-order valence-electron chi connectivity index (χ4n) is 4.81. The number of nitrogens with one attached hydrogen (secondary N) is 1. The Hall–Kier alpha value is -4.13. The summed E-state index contributed by atoms with van der Waals surface area (Å²) >= 11 is 6.57. The minimum Gasteiger partial charge on any atom is -0.494 e. The van der Waals surface area contributed by atoms with Crippen LogP contribution in [0.3, 0.4) is 0 Å².